The number of hydrogen-bond acceptors (Lipinski definition) is 2. The van der Waals surface area contributed by atoms with Crippen LogP contribution in [0.2, 0.25) is 0 Å². The predicted molar refractivity (Wildman–Crippen MR) is 49.1 cm³/mol. The van der Waals surface area contributed by atoms with Crippen molar-refractivity contribution in [3.8, 4) is 0 Å². The summed E-state index contributed by atoms with van der Waals surface area (Å²) in [5.41, 5.74) is 2.20. The van der Waals surface area contributed by atoms with Gasteiger partial charge in [0.25, 0.3) is 0 Å². The number of allylic oxidation sites excluding steroid dienone is 4. The smallest absolute Gasteiger partial charge is 0.166 e. The van der Waals surface area contributed by atoms with Crippen molar-refractivity contribution in [2.75, 3.05) is 0 Å². The predicted octanol–water partition coefficient (Wildman–Crippen LogP) is 1.67. The molecule has 0 aliphatic heterocycles. The molecule has 2 aliphatic carbocycles. The Morgan fingerprint density at radius 1 is 1.00 bits per heavy atom. The Bertz CT molecular complexity index is 315. The van der Waals surface area contributed by atoms with Crippen molar-refractivity contribution in [3.05, 3.63) is 23.3 Å². The van der Waals surface area contributed by atoms with Gasteiger partial charge >= 0.3 is 0 Å². The van der Waals surface area contributed by atoms with Gasteiger partial charge in [-0.1, -0.05) is 11.1 Å². The van der Waals surface area contributed by atoms with E-state index in [1.807, 2.05) is 13.8 Å². The van der Waals surface area contributed by atoms with Gasteiger partial charge in [-0.2, -0.15) is 0 Å². The molecule has 0 saturated carbocycles. The second-order valence-corrected chi connectivity index (χ2v) is 3.92. The van der Waals surface area contributed by atoms with Crippen molar-refractivity contribution in [2.24, 2.45) is 11.8 Å². The molecule has 0 N–H and O–H groups in total. The molecule has 0 aromatic carbocycles. The Kier molecular flexibility index (Phi) is 1.72. The van der Waals surface area contributed by atoms with E-state index in [0.29, 0.717) is 12.3 Å². The summed E-state index contributed by atoms with van der Waals surface area (Å²) in [6.07, 6.45) is 3.96. The quantitative estimate of drug-likeness (QED) is 0.526. The SMILES string of the molecule is CC1=CC(=O)C2CC1C(C)=CC2=O. The Balaban J connectivity index is 2.48. The zero-order chi connectivity index (χ0) is 9.59. The lowest BCUT2D eigenvalue weighted by Gasteiger charge is -2.30. The van der Waals surface area contributed by atoms with Crippen molar-refractivity contribution in [1.82, 2.24) is 0 Å². The van der Waals surface area contributed by atoms with Gasteiger partial charge < -0.3 is 0 Å². The van der Waals surface area contributed by atoms with Crippen LogP contribution >= 0.6 is 0 Å². The van der Waals surface area contributed by atoms with Crippen molar-refractivity contribution in [3.63, 3.8) is 0 Å². The number of carbonyl (C=O) groups is 2. The minimum absolute atomic E-state index is 0.0116. The summed E-state index contributed by atoms with van der Waals surface area (Å²) < 4.78 is 0. The Labute approximate surface area is 77.3 Å². The molecule has 68 valence electrons. The van der Waals surface area contributed by atoms with E-state index in [1.165, 1.54) is 0 Å². The van der Waals surface area contributed by atoms with Gasteiger partial charge in [0.05, 0.1) is 5.92 Å². The molecule has 2 rings (SSSR count). The van der Waals surface area contributed by atoms with Crippen molar-refractivity contribution >= 4 is 11.6 Å². The highest BCUT2D eigenvalue weighted by atomic mass is 16.1. The molecule has 0 saturated heterocycles. The lowest BCUT2D eigenvalue weighted by molar-refractivity contribution is -0.129. The molecule has 0 aromatic rings. The van der Waals surface area contributed by atoms with Crippen LogP contribution in [0.3, 0.4) is 0 Å². The largest absolute Gasteiger partial charge is 0.294 e. The number of rotatable bonds is 0. The third-order valence-electron chi connectivity index (χ3n) is 3.00. The first kappa shape index (κ1) is 8.42. The molecule has 0 aromatic heterocycles. The molecule has 2 nitrogen and oxygen atoms in total. The van der Waals surface area contributed by atoms with Gasteiger partial charge in [0.15, 0.2) is 11.6 Å². The summed E-state index contributed by atoms with van der Waals surface area (Å²) in [4.78, 5) is 22.8. The first-order valence-corrected chi connectivity index (χ1v) is 4.53. The van der Waals surface area contributed by atoms with Gasteiger partial charge in [0.2, 0.25) is 0 Å². The van der Waals surface area contributed by atoms with Gasteiger partial charge in [-0.25, -0.2) is 0 Å². The maximum atomic E-state index is 11.4. The van der Waals surface area contributed by atoms with Crippen LogP contribution in [0.1, 0.15) is 20.3 Å². The highest BCUT2D eigenvalue weighted by Crippen LogP contribution is 2.36. The molecule has 2 heteroatoms. The van der Waals surface area contributed by atoms with Crippen LogP contribution in [0.5, 0.6) is 0 Å². The minimum Gasteiger partial charge on any atom is -0.294 e. The first-order valence-electron chi connectivity index (χ1n) is 4.53. The first-order chi connectivity index (χ1) is 6.09. The van der Waals surface area contributed by atoms with Crippen LogP contribution in [-0.4, -0.2) is 11.6 Å². The standard InChI is InChI=1S/C11H12O2/c1-6-3-10(12)9-5-8(6)7(2)4-11(9)13/h3-4,8-9H,5H2,1-2H3. The average Bonchev–Trinajstić information content (AvgIpc) is 2.02. The van der Waals surface area contributed by atoms with Crippen LogP contribution in [-0.2, 0) is 9.59 Å². The number of hydrogen-bond donors (Lipinski definition) is 0. The van der Waals surface area contributed by atoms with Crippen LogP contribution in [0.25, 0.3) is 0 Å². The van der Waals surface area contributed by atoms with Gasteiger partial charge in [0.1, 0.15) is 0 Å². The number of ketones is 2. The second kappa shape index (κ2) is 2.66. The van der Waals surface area contributed by atoms with E-state index in [4.69, 9.17) is 0 Å². The highest BCUT2D eigenvalue weighted by Gasteiger charge is 2.36. The van der Waals surface area contributed by atoms with Gasteiger partial charge in [0, 0.05) is 5.92 Å². The molecule has 0 heterocycles. The molecule has 13 heavy (non-hydrogen) atoms. The van der Waals surface area contributed by atoms with E-state index in [9.17, 15) is 9.59 Å². The van der Waals surface area contributed by atoms with Crippen LogP contribution in [0.15, 0.2) is 23.3 Å². The highest BCUT2D eigenvalue weighted by molar-refractivity contribution is 6.13. The molecule has 0 atom stereocenters. The van der Waals surface area contributed by atoms with Crippen LogP contribution in [0, 0.1) is 11.8 Å². The van der Waals surface area contributed by atoms with E-state index >= 15 is 0 Å². The zero-order valence-corrected chi connectivity index (χ0v) is 7.83. The third-order valence-corrected chi connectivity index (χ3v) is 3.00. The minimum atomic E-state index is -0.377. The maximum absolute atomic E-state index is 11.4. The van der Waals surface area contributed by atoms with Gasteiger partial charge in [-0.3, -0.25) is 9.59 Å². The fourth-order valence-electron chi connectivity index (χ4n) is 2.19. The summed E-state index contributed by atoms with van der Waals surface area (Å²) >= 11 is 0. The second-order valence-electron chi connectivity index (χ2n) is 3.92. The molecule has 0 unspecified atom stereocenters. The normalized spacial score (nSPS) is 32.8. The fourth-order valence-corrected chi connectivity index (χ4v) is 2.19. The van der Waals surface area contributed by atoms with Crippen molar-refractivity contribution in [2.45, 2.75) is 20.3 Å². The van der Waals surface area contributed by atoms with E-state index in [0.717, 1.165) is 11.1 Å². The number of carbonyl (C=O) groups excluding carboxylic acids is 2. The van der Waals surface area contributed by atoms with E-state index < -0.39 is 0 Å². The van der Waals surface area contributed by atoms with Crippen molar-refractivity contribution < 1.29 is 9.59 Å². The summed E-state index contributed by atoms with van der Waals surface area (Å²) in [5.74, 6) is -0.0669. The average molecular weight is 176 g/mol. The van der Waals surface area contributed by atoms with Crippen LogP contribution < -0.4 is 0 Å². The van der Waals surface area contributed by atoms with Gasteiger partial charge in [-0.05, 0) is 32.4 Å². The Morgan fingerprint density at radius 3 is 1.92 bits per heavy atom. The molecule has 2 bridgehead atoms. The third kappa shape index (κ3) is 1.17. The zero-order valence-electron chi connectivity index (χ0n) is 7.83. The van der Waals surface area contributed by atoms with E-state index in [-0.39, 0.29) is 17.5 Å². The summed E-state index contributed by atoms with van der Waals surface area (Å²) in [6.45, 7) is 3.93. The van der Waals surface area contributed by atoms with Crippen molar-refractivity contribution in [1.29, 1.82) is 0 Å². The molecular weight excluding hydrogens is 164 g/mol. The molecule has 0 amide bonds. The maximum Gasteiger partial charge on any atom is 0.166 e. The lowest BCUT2D eigenvalue weighted by atomic mass is 9.71. The van der Waals surface area contributed by atoms with Gasteiger partial charge in [-0.15, -0.1) is 0 Å². The molecule has 0 radical (unpaired) electrons. The van der Waals surface area contributed by atoms with Crippen LogP contribution in [0.4, 0.5) is 0 Å². The molecule has 0 fully saturated rings. The summed E-state index contributed by atoms with van der Waals surface area (Å²) in [7, 11) is 0. The monoisotopic (exact) mass is 176 g/mol. The van der Waals surface area contributed by atoms with E-state index in [1.54, 1.807) is 12.2 Å². The molecule has 2 aliphatic rings. The Morgan fingerprint density at radius 2 is 1.46 bits per heavy atom. The van der Waals surface area contributed by atoms with E-state index in [2.05, 4.69) is 0 Å². The molecular formula is C11H12O2. The Hall–Kier alpha value is -1.18. The summed E-state index contributed by atoms with van der Waals surface area (Å²) in [6, 6.07) is 0. The lowest BCUT2D eigenvalue weighted by Crippen LogP contribution is -2.33. The fraction of sp³-hybridized carbons (Fsp3) is 0.455. The topological polar surface area (TPSA) is 34.1 Å². The molecule has 0 spiro atoms. The summed E-state index contributed by atoms with van der Waals surface area (Å²) in [5, 5.41) is 0. The number of fused-ring (bicyclic) bond motifs is 2.